The third kappa shape index (κ3) is 4.28. The largest absolute Gasteiger partial charge is 0.481 e. The predicted molar refractivity (Wildman–Crippen MR) is 89.3 cm³/mol. The van der Waals surface area contributed by atoms with Crippen LogP contribution in [0, 0.1) is 5.92 Å². The first-order chi connectivity index (χ1) is 10.1. The first-order valence-corrected chi connectivity index (χ1v) is 8.85. The van der Waals surface area contributed by atoms with Crippen LogP contribution < -0.4 is 4.90 Å². The fourth-order valence-electron chi connectivity index (χ4n) is 1.97. The highest BCUT2D eigenvalue weighted by Crippen LogP contribution is 2.30. The van der Waals surface area contributed by atoms with Gasteiger partial charge in [-0.15, -0.1) is 22.7 Å². The molecule has 0 fully saturated rings. The molecule has 0 saturated carbocycles. The van der Waals surface area contributed by atoms with Crippen molar-refractivity contribution in [1.82, 2.24) is 4.98 Å². The molecule has 6 heteroatoms. The van der Waals surface area contributed by atoms with Gasteiger partial charge in [0.1, 0.15) is 0 Å². The molecular weight excluding hydrogens is 304 g/mol. The fraction of sp³-hybridized carbons (Fsp3) is 0.467. The van der Waals surface area contributed by atoms with Crippen molar-refractivity contribution >= 4 is 33.8 Å². The molecule has 0 spiro atoms. The molecule has 0 radical (unpaired) electrons. The number of carbonyl (C=O) groups is 1. The Balaban J connectivity index is 2.14. The molecule has 21 heavy (non-hydrogen) atoms. The monoisotopic (exact) mass is 324 g/mol. The van der Waals surface area contributed by atoms with E-state index in [0.29, 0.717) is 6.54 Å². The lowest BCUT2D eigenvalue weighted by molar-refractivity contribution is -0.140. The van der Waals surface area contributed by atoms with Gasteiger partial charge in [0.15, 0.2) is 5.13 Å². The molecule has 0 aliphatic heterocycles. The maximum absolute atomic E-state index is 11.1. The highest BCUT2D eigenvalue weighted by Gasteiger charge is 2.19. The number of aliphatic carboxylic acids is 1. The summed E-state index contributed by atoms with van der Waals surface area (Å²) in [6.45, 7) is 5.24. The van der Waals surface area contributed by atoms with Crippen molar-refractivity contribution in [3.05, 3.63) is 22.9 Å². The summed E-state index contributed by atoms with van der Waals surface area (Å²) < 4.78 is 0. The number of hydrogen-bond acceptors (Lipinski definition) is 5. The Labute approximate surface area is 133 Å². The molecule has 114 valence electrons. The van der Waals surface area contributed by atoms with Crippen LogP contribution in [0.4, 0.5) is 5.13 Å². The minimum Gasteiger partial charge on any atom is -0.481 e. The van der Waals surface area contributed by atoms with Gasteiger partial charge >= 0.3 is 5.97 Å². The Bertz CT molecular complexity index is 566. The number of rotatable bonds is 8. The highest BCUT2D eigenvalue weighted by molar-refractivity contribution is 7.16. The molecule has 0 aliphatic carbocycles. The van der Waals surface area contributed by atoms with Gasteiger partial charge in [-0.3, -0.25) is 4.79 Å². The first kappa shape index (κ1) is 16.0. The number of nitrogens with zero attached hydrogens (tertiary/aromatic N) is 2. The summed E-state index contributed by atoms with van der Waals surface area (Å²) in [6, 6.07) is 4.07. The molecule has 1 N–H and O–H groups in total. The topological polar surface area (TPSA) is 53.4 Å². The number of carboxylic acids is 1. The molecule has 0 saturated heterocycles. The van der Waals surface area contributed by atoms with Gasteiger partial charge in [-0.05, 0) is 17.9 Å². The number of carboxylic acid groups (broad SMARTS) is 1. The molecule has 1 atom stereocenters. The minimum atomic E-state index is -0.758. The number of anilines is 1. The molecule has 1 unspecified atom stereocenters. The Hall–Kier alpha value is -1.40. The Kier molecular flexibility index (Phi) is 5.76. The molecule has 0 amide bonds. The average Bonchev–Trinajstić information content (AvgIpc) is 3.12. The predicted octanol–water partition coefficient (Wildman–Crippen LogP) is 4.20. The maximum Gasteiger partial charge on any atom is 0.308 e. The van der Waals surface area contributed by atoms with Gasteiger partial charge in [0, 0.05) is 18.5 Å². The van der Waals surface area contributed by atoms with Gasteiger partial charge in [0.2, 0.25) is 0 Å². The van der Waals surface area contributed by atoms with E-state index in [4.69, 9.17) is 5.11 Å². The molecule has 0 aromatic carbocycles. The van der Waals surface area contributed by atoms with Crippen molar-refractivity contribution in [3.63, 3.8) is 0 Å². The second kappa shape index (κ2) is 7.56. The zero-order valence-corrected chi connectivity index (χ0v) is 13.9. The second-order valence-corrected chi connectivity index (χ2v) is 6.82. The molecule has 0 aliphatic rings. The van der Waals surface area contributed by atoms with Crippen LogP contribution in [0.15, 0.2) is 22.9 Å². The van der Waals surface area contributed by atoms with Crippen molar-refractivity contribution in [1.29, 1.82) is 0 Å². The smallest absolute Gasteiger partial charge is 0.308 e. The van der Waals surface area contributed by atoms with E-state index in [2.05, 4.69) is 22.9 Å². The summed E-state index contributed by atoms with van der Waals surface area (Å²) in [7, 11) is 0. The first-order valence-electron chi connectivity index (χ1n) is 7.09. The van der Waals surface area contributed by atoms with Crippen LogP contribution in [0.25, 0.3) is 10.6 Å². The molecule has 2 rings (SSSR count). The van der Waals surface area contributed by atoms with E-state index in [-0.39, 0.29) is 0 Å². The molecule has 2 aromatic heterocycles. The van der Waals surface area contributed by atoms with Crippen LogP contribution in [-0.4, -0.2) is 29.1 Å². The van der Waals surface area contributed by atoms with Crippen LogP contribution in [0.1, 0.15) is 26.7 Å². The lowest BCUT2D eigenvalue weighted by Gasteiger charge is -2.23. The van der Waals surface area contributed by atoms with Gasteiger partial charge in [0.05, 0.1) is 16.5 Å². The third-order valence-corrected chi connectivity index (χ3v) is 5.03. The number of thiophene rings is 1. The fourth-order valence-corrected chi connectivity index (χ4v) is 3.59. The van der Waals surface area contributed by atoms with Gasteiger partial charge in [0.25, 0.3) is 0 Å². The van der Waals surface area contributed by atoms with Crippen molar-refractivity contribution in [2.75, 3.05) is 18.0 Å². The Morgan fingerprint density at radius 1 is 1.48 bits per heavy atom. The minimum absolute atomic E-state index is 0.393. The van der Waals surface area contributed by atoms with Crippen molar-refractivity contribution in [3.8, 4) is 10.6 Å². The summed E-state index contributed by atoms with van der Waals surface area (Å²) in [5.74, 6) is -1.15. The van der Waals surface area contributed by atoms with E-state index in [1.54, 1.807) is 29.6 Å². The van der Waals surface area contributed by atoms with E-state index >= 15 is 0 Å². The van der Waals surface area contributed by atoms with E-state index in [9.17, 15) is 4.79 Å². The summed E-state index contributed by atoms with van der Waals surface area (Å²) >= 11 is 3.26. The molecule has 2 aromatic rings. The lowest BCUT2D eigenvalue weighted by Crippen LogP contribution is -2.32. The van der Waals surface area contributed by atoms with Crippen molar-refractivity contribution in [2.24, 2.45) is 5.92 Å². The van der Waals surface area contributed by atoms with E-state index in [1.807, 2.05) is 16.8 Å². The molecule has 2 heterocycles. The normalized spacial score (nSPS) is 12.3. The molecule has 0 bridgehead atoms. The molecular formula is C15H20N2O2S2. The highest BCUT2D eigenvalue weighted by atomic mass is 32.1. The summed E-state index contributed by atoms with van der Waals surface area (Å²) in [4.78, 5) is 19.0. The Morgan fingerprint density at radius 2 is 2.29 bits per heavy atom. The van der Waals surface area contributed by atoms with Crippen LogP contribution in [-0.2, 0) is 4.79 Å². The average molecular weight is 324 g/mol. The standard InChI is InChI=1S/C15H20N2O2S2/c1-3-4-7-17(9-11(2)14(18)19)15-16-12(10-21-15)13-6-5-8-20-13/h5-6,8,10-11H,3-4,7,9H2,1-2H3,(H,18,19). The number of aromatic nitrogens is 1. The van der Waals surface area contributed by atoms with E-state index in [1.165, 1.54) is 0 Å². The Morgan fingerprint density at radius 3 is 2.90 bits per heavy atom. The van der Waals surface area contributed by atoms with Crippen LogP contribution in [0.5, 0.6) is 0 Å². The second-order valence-electron chi connectivity index (χ2n) is 5.03. The van der Waals surface area contributed by atoms with Crippen molar-refractivity contribution < 1.29 is 9.90 Å². The van der Waals surface area contributed by atoms with Gasteiger partial charge in [-0.2, -0.15) is 0 Å². The lowest BCUT2D eigenvalue weighted by atomic mass is 10.1. The van der Waals surface area contributed by atoms with E-state index < -0.39 is 11.9 Å². The van der Waals surface area contributed by atoms with Gasteiger partial charge in [-0.1, -0.05) is 26.3 Å². The number of hydrogen-bond donors (Lipinski definition) is 1. The summed E-state index contributed by atoms with van der Waals surface area (Å²) in [5, 5.41) is 14.1. The van der Waals surface area contributed by atoms with Crippen LogP contribution in [0.2, 0.25) is 0 Å². The van der Waals surface area contributed by atoms with Gasteiger partial charge < -0.3 is 10.0 Å². The maximum atomic E-state index is 11.1. The summed E-state index contributed by atoms with van der Waals surface area (Å²) in [6.07, 6.45) is 2.13. The number of thiazole rings is 1. The van der Waals surface area contributed by atoms with Gasteiger partial charge in [-0.25, -0.2) is 4.98 Å². The quantitative estimate of drug-likeness (QED) is 0.790. The zero-order valence-electron chi connectivity index (χ0n) is 12.3. The third-order valence-electron chi connectivity index (χ3n) is 3.23. The summed E-state index contributed by atoms with van der Waals surface area (Å²) in [5.41, 5.74) is 0.981. The number of unbranched alkanes of at least 4 members (excludes halogenated alkanes) is 1. The van der Waals surface area contributed by atoms with Crippen LogP contribution >= 0.6 is 22.7 Å². The molecule has 4 nitrogen and oxygen atoms in total. The van der Waals surface area contributed by atoms with Crippen molar-refractivity contribution in [2.45, 2.75) is 26.7 Å². The van der Waals surface area contributed by atoms with Crippen LogP contribution in [0.3, 0.4) is 0 Å². The SMILES string of the molecule is CCCCN(CC(C)C(=O)O)c1nc(-c2cccs2)cs1. The van der Waals surface area contributed by atoms with E-state index in [0.717, 1.165) is 35.1 Å². The zero-order chi connectivity index (χ0) is 15.2.